The molecule has 144 valence electrons. The summed E-state index contributed by atoms with van der Waals surface area (Å²) in [7, 11) is 5.98. The van der Waals surface area contributed by atoms with Crippen molar-refractivity contribution >= 4 is 11.8 Å². The smallest absolute Gasteiger partial charge is 0.338 e. The van der Waals surface area contributed by atoms with E-state index in [2.05, 4.69) is 0 Å². The number of ether oxygens (including phenoxy) is 5. The van der Waals surface area contributed by atoms with Gasteiger partial charge in [0.2, 0.25) is 0 Å². The predicted octanol–water partition coefficient (Wildman–Crippen LogP) is 3.07. The Kier molecular flexibility index (Phi) is 6.65. The molecule has 0 bridgehead atoms. The zero-order valence-corrected chi connectivity index (χ0v) is 16.0. The summed E-state index contributed by atoms with van der Waals surface area (Å²) in [6.45, 7) is 1.40. The fourth-order valence-corrected chi connectivity index (χ4v) is 2.51. The highest BCUT2D eigenvalue weighted by Gasteiger charge is 2.17. The summed E-state index contributed by atoms with van der Waals surface area (Å²) in [5, 5.41) is 0. The number of hydrogen-bond donors (Lipinski definition) is 0. The maximum atomic E-state index is 12.3. The van der Waals surface area contributed by atoms with Crippen molar-refractivity contribution in [3.63, 3.8) is 0 Å². The van der Waals surface area contributed by atoms with E-state index in [-0.39, 0.29) is 11.3 Å². The van der Waals surface area contributed by atoms with Crippen LogP contribution in [0.3, 0.4) is 0 Å². The molecular weight excluding hydrogens is 352 g/mol. The molecular formula is C20H22O7. The van der Waals surface area contributed by atoms with E-state index < -0.39 is 12.6 Å². The van der Waals surface area contributed by atoms with Crippen molar-refractivity contribution in [3.8, 4) is 23.0 Å². The molecule has 0 spiro atoms. The highest BCUT2D eigenvalue weighted by atomic mass is 16.5. The first-order valence-corrected chi connectivity index (χ1v) is 8.10. The van der Waals surface area contributed by atoms with Crippen molar-refractivity contribution in [2.45, 2.75) is 6.92 Å². The SMILES string of the molecule is COc1ccc(C(=O)COC(=O)c2cc(OC)c(C)c(OC)c2)cc1OC. The summed E-state index contributed by atoms with van der Waals surface area (Å²) in [6, 6.07) is 7.81. The Morgan fingerprint density at radius 2 is 1.26 bits per heavy atom. The van der Waals surface area contributed by atoms with Crippen LogP contribution >= 0.6 is 0 Å². The third-order valence-electron chi connectivity index (χ3n) is 4.03. The molecule has 0 atom stereocenters. The van der Waals surface area contributed by atoms with Gasteiger partial charge >= 0.3 is 5.97 Å². The maximum absolute atomic E-state index is 12.3. The topological polar surface area (TPSA) is 80.3 Å². The molecule has 0 amide bonds. The average Bonchev–Trinajstić information content (AvgIpc) is 2.71. The lowest BCUT2D eigenvalue weighted by Gasteiger charge is -2.12. The Hall–Kier alpha value is -3.22. The monoisotopic (exact) mass is 374 g/mol. The first-order valence-electron chi connectivity index (χ1n) is 8.10. The molecule has 27 heavy (non-hydrogen) atoms. The zero-order valence-electron chi connectivity index (χ0n) is 16.0. The number of Topliss-reactive ketones (excluding diaryl/α,β-unsaturated/α-hetero) is 1. The second-order valence-corrected chi connectivity index (χ2v) is 5.57. The third-order valence-corrected chi connectivity index (χ3v) is 4.03. The van der Waals surface area contributed by atoms with Crippen LogP contribution in [-0.4, -0.2) is 46.8 Å². The van der Waals surface area contributed by atoms with E-state index in [9.17, 15) is 9.59 Å². The van der Waals surface area contributed by atoms with Crippen LogP contribution in [0.4, 0.5) is 0 Å². The Bertz CT molecular complexity index is 817. The highest BCUT2D eigenvalue weighted by molar-refractivity contribution is 6.00. The summed E-state index contributed by atoms with van der Waals surface area (Å²) in [4.78, 5) is 24.6. The van der Waals surface area contributed by atoms with Crippen molar-refractivity contribution in [2.24, 2.45) is 0 Å². The molecule has 0 unspecified atom stereocenters. The minimum absolute atomic E-state index is 0.231. The molecule has 0 aromatic heterocycles. The number of benzene rings is 2. The van der Waals surface area contributed by atoms with Gasteiger partial charge in [-0.3, -0.25) is 4.79 Å². The number of hydrogen-bond acceptors (Lipinski definition) is 7. The largest absolute Gasteiger partial charge is 0.496 e. The lowest BCUT2D eigenvalue weighted by molar-refractivity contribution is 0.0474. The average molecular weight is 374 g/mol. The Morgan fingerprint density at radius 3 is 1.78 bits per heavy atom. The zero-order chi connectivity index (χ0) is 20.0. The quantitative estimate of drug-likeness (QED) is 0.519. The normalized spacial score (nSPS) is 10.1. The molecule has 0 saturated carbocycles. The molecule has 0 radical (unpaired) electrons. The van der Waals surface area contributed by atoms with Gasteiger partial charge in [-0.25, -0.2) is 4.79 Å². The van der Waals surface area contributed by atoms with Crippen molar-refractivity contribution in [2.75, 3.05) is 35.0 Å². The van der Waals surface area contributed by atoms with Gasteiger partial charge in [0, 0.05) is 11.1 Å². The van der Waals surface area contributed by atoms with E-state index in [0.717, 1.165) is 5.56 Å². The van der Waals surface area contributed by atoms with Crippen LogP contribution < -0.4 is 18.9 Å². The molecule has 0 aliphatic heterocycles. The van der Waals surface area contributed by atoms with E-state index in [1.807, 2.05) is 6.92 Å². The molecule has 0 heterocycles. The summed E-state index contributed by atoms with van der Waals surface area (Å²) in [6.07, 6.45) is 0. The van der Waals surface area contributed by atoms with Crippen LogP contribution in [0.2, 0.25) is 0 Å². The molecule has 0 fully saturated rings. The van der Waals surface area contributed by atoms with Gasteiger partial charge in [0.1, 0.15) is 11.5 Å². The Balaban J connectivity index is 2.12. The van der Waals surface area contributed by atoms with Gasteiger partial charge in [0.15, 0.2) is 23.9 Å². The summed E-state index contributed by atoms with van der Waals surface area (Å²) in [5.74, 6) is 0.892. The van der Waals surface area contributed by atoms with E-state index in [4.69, 9.17) is 23.7 Å². The Morgan fingerprint density at radius 1 is 0.741 bits per heavy atom. The number of rotatable bonds is 8. The second-order valence-electron chi connectivity index (χ2n) is 5.57. The standard InChI is InChI=1S/C20H22O7/c1-12-17(24-3)9-14(10-18(12)25-4)20(22)27-11-15(21)13-6-7-16(23-2)19(8-13)26-5/h6-10H,11H2,1-5H3. The van der Waals surface area contributed by atoms with Crippen LogP contribution in [-0.2, 0) is 4.74 Å². The molecule has 2 aromatic rings. The number of esters is 1. The van der Waals surface area contributed by atoms with Gasteiger partial charge < -0.3 is 23.7 Å². The lowest BCUT2D eigenvalue weighted by atomic mass is 10.1. The van der Waals surface area contributed by atoms with Gasteiger partial charge in [0.05, 0.1) is 34.0 Å². The van der Waals surface area contributed by atoms with E-state index in [1.165, 1.54) is 34.5 Å². The van der Waals surface area contributed by atoms with Gasteiger partial charge in [-0.2, -0.15) is 0 Å². The van der Waals surface area contributed by atoms with Crippen molar-refractivity contribution in [1.29, 1.82) is 0 Å². The third kappa shape index (κ3) is 4.49. The van der Waals surface area contributed by atoms with Crippen molar-refractivity contribution in [1.82, 2.24) is 0 Å². The number of carbonyl (C=O) groups is 2. The molecule has 0 aliphatic rings. The molecule has 0 aliphatic carbocycles. The molecule has 0 N–H and O–H groups in total. The molecule has 7 nitrogen and oxygen atoms in total. The minimum atomic E-state index is -0.652. The first-order chi connectivity index (χ1) is 12.9. The fourth-order valence-electron chi connectivity index (χ4n) is 2.51. The lowest BCUT2D eigenvalue weighted by Crippen LogP contribution is -2.15. The highest BCUT2D eigenvalue weighted by Crippen LogP contribution is 2.30. The van der Waals surface area contributed by atoms with Gasteiger partial charge in [-0.05, 0) is 37.3 Å². The first kappa shape index (κ1) is 20.1. The van der Waals surface area contributed by atoms with Crippen LogP contribution in [0.5, 0.6) is 23.0 Å². The number of methoxy groups -OCH3 is 4. The fraction of sp³-hybridized carbons (Fsp3) is 0.300. The van der Waals surface area contributed by atoms with Gasteiger partial charge in [-0.15, -0.1) is 0 Å². The predicted molar refractivity (Wildman–Crippen MR) is 98.4 cm³/mol. The minimum Gasteiger partial charge on any atom is -0.496 e. The van der Waals surface area contributed by atoms with Gasteiger partial charge in [-0.1, -0.05) is 0 Å². The van der Waals surface area contributed by atoms with Crippen LogP contribution in [0.25, 0.3) is 0 Å². The number of ketones is 1. The Labute approximate surface area is 157 Å². The van der Waals surface area contributed by atoms with Crippen molar-refractivity contribution < 1.29 is 33.3 Å². The maximum Gasteiger partial charge on any atom is 0.338 e. The van der Waals surface area contributed by atoms with Crippen LogP contribution in [0.15, 0.2) is 30.3 Å². The van der Waals surface area contributed by atoms with E-state index in [1.54, 1.807) is 24.3 Å². The molecule has 2 rings (SSSR count). The molecule has 2 aromatic carbocycles. The summed E-state index contributed by atoms with van der Waals surface area (Å²) < 4.78 is 25.9. The summed E-state index contributed by atoms with van der Waals surface area (Å²) in [5.41, 5.74) is 1.34. The van der Waals surface area contributed by atoms with Gasteiger partial charge in [0.25, 0.3) is 0 Å². The summed E-state index contributed by atoms with van der Waals surface area (Å²) >= 11 is 0. The van der Waals surface area contributed by atoms with Crippen LogP contribution in [0.1, 0.15) is 26.3 Å². The van der Waals surface area contributed by atoms with Crippen LogP contribution in [0, 0.1) is 6.92 Å². The van der Waals surface area contributed by atoms with Crippen molar-refractivity contribution in [3.05, 3.63) is 47.0 Å². The van der Waals surface area contributed by atoms with E-state index in [0.29, 0.717) is 28.6 Å². The number of carbonyl (C=O) groups excluding carboxylic acids is 2. The molecule has 7 heteroatoms. The second kappa shape index (κ2) is 8.93. The van der Waals surface area contributed by atoms with E-state index >= 15 is 0 Å². The molecule has 0 saturated heterocycles.